The van der Waals surface area contributed by atoms with Crippen molar-refractivity contribution in [3.8, 4) is 5.69 Å². The van der Waals surface area contributed by atoms with Crippen LogP contribution < -0.4 is 11.1 Å². The smallest absolute Gasteiger partial charge is 0.241 e. The number of nitrogens with two attached hydrogens (primary N) is 1. The fourth-order valence-corrected chi connectivity index (χ4v) is 1.93. The zero-order chi connectivity index (χ0) is 13.7. The predicted octanol–water partition coefficient (Wildman–Crippen LogP) is 2.54. The number of nitrogens with one attached hydrogen (secondary N) is 1. The molecule has 1 aromatic carbocycles. The standard InChI is InChI=1S/C15H19N3O/c1-2-6-14(16)15(19)17-12-7-5-8-13(11-12)18-9-3-4-10-18/h3-5,7-11,14H,2,6,16H2,1H3,(H,17,19)/t14-/m0/s1. The zero-order valence-corrected chi connectivity index (χ0v) is 11.0. The van der Waals surface area contributed by atoms with E-state index in [9.17, 15) is 4.79 Å². The Hall–Kier alpha value is -2.07. The summed E-state index contributed by atoms with van der Waals surface area (Å²) in [6, 6.07) is 11.2. The van der Waals surface area contributed by atoms with Gasteiger partial charge >= 0.3 is 0 Å². The van der Waals surface area contributed by atoms with E-state index in [0.29, 0.717) is 6.42 Å². The average molecular weight is 257 g/mol. The Balaban J connectivity index is 2.09. The van der Waals surface area contributed by atoms with Crippen LogP contribution in [0.1, 0.15) is 19.8 Å². The fraction of sp³-hybridized carbons (Fsp3) is 0.267. The van der Waals surface area contributed by atoms with Gasteiger partial charge in [-0.05, 0) is 36.8 Å². The summed E-state index contributed by atoms with van der Waals surface area (Å²) in [7, 11) is 0. The Morgan fingerprint density at radius 2 is 2.05 bits per heavy atom. The molecule has 100 valence electrons. The van der Waals surface area contributed by atoms with E-state index in [1.165, 1.54) is 0 Å². The van der Waals surface area contributed by atoms with E-state index in [1.54, 1.807) is 0 Å². The highest BCUT2D eigenvalue weighted by Gasteiger charge is 2.12. The van der Waals surface area contributed by atoms with Crippen LogP contribution in [0.15, 0.2) is 48.8 Å². The SMILES string of the molecule is CCC[C@H](N)C(=O)Nc1cccc(-n2cccc2)c1. The molecule has 0 unspecified atom stereocenters. The molecule has 0 spiro atoms. The summed E-state index contributed by atoms with van der Waals surface area (Å²) in [4.78, 5) is 11.9. The monoisotopic (exact) mass is 257 g/mol. The summed E-state index contributed by atoms with van der Waals surface area (Å²) >= 11 is 0. The molecule has 1 heterocycles. The average Bonchev–Trinajstić information content (AvgIpc) is 2.93. The highest BCUT2D eigenvalue weighted by Crippen LogP contribution is 2.15. The van der Waals surface area contributed by atoms with Crippen molar-refractivity contribution in [3.05, 3.63) is 48.8 Å². The number of benzene rings is 1. The first-order chi connectivity index (χ1) is 9.20. The van der Waals surface area contributed by atoms with Gasteiger partial charge in [0.05, 0.1) is 6.04 Å². The lowest BCUT2D eigenvalue weighted by molar-refractivity contribution is -0.117. The summed E-state index contributed by atoms with van der Waals surface area (Å²) < 4.78 is 1.99. The molecule has 1 aromatic heterocycles. The van der Waals surface area contributed by atoms with E-state index in [1.807, 2.05) is 60.3 Å². The topological polar surface area (TPSA) is 60.1 Å². The van der Waals surface area contributed by atoms with Gasteiger partial charge < -0.3 is 15.6 Å². The Morgan fingerprint density at radius 1 is 1.32 bits per heavy atom. The molecule has 0 aliphatic heterocycles. The van der Waals surface area contributed by atoms with Gasteiger partial charge in [0.25, 0.3) is 0 Å². The van der Waals surface area contributed by atoms with Gasteiger partial charge in [-0.25, -0.2) is 0 Å². The lowest BCUT2D eigenvalue weighted by Gasteiger charge is -2.12. The third-order valence-electron chi connectivity index (χ3n) is 2.95. The van der Waals surface area contributed by atoms with Crippen molar-refractivity contribution < 1.29 is 4.79 Å². The van der Waals surface area contributed by atoms with Crippen LogP contribution in [0.25, 0.3) is 5.69 Å². The van der Waals surface area contributed by atoms with Crippen LogP contribution in [-0.4, -0.2) is 16.5 Å². The molecule has 4 heteroatoms. The number of rotatable bonds is 5. The lowest BCUT2D eigenvalue weighted by atomic mass is 10.1. The van der Waals surface area contributed by atoms with Gasteiger partial charge in [-0.1, -0.05) is 19.4 Å². The molecule has 1 amide bonds. The molecule has 19 heavy (non-hydrogen) atoms. The van der Waals surface area contributed by atoms with Gasteiger partial charge in [-0.15, -0.1) is 0 Å². The molecule has 0 aliphatic carbocycles. The molecule has 0 aliphatic rings. The normalized spacial score (nSPS) is 12.1. The van der Waals surface area contributed by atoms with Gasteiger partial charge in [-0.3, -0.25) is 4.79 Å². The summed E-state index contributed by atoms with van der Waals surface area (Å²) in [6.45, 7) is 2.01. The number of hydrogen-bond acceptors (Lipinski definition) is 2. The van der Waals surface area contributed by atoms with Crippen LogP contribution in [0.2, 0.25) is 0 Å². The van der Waals surface area contributed by atoms with E-state index < -0.39 is 6.04 Å². The number of hydrogen-bond donors (Lipinski definition) is 2. The number of carbonyl (C=O) groups is 1. The van der Waals surface area contributed by atoms with Crippen molar-refractivity contribution in [2.45, 2.75) is 25.8 Å². The van der Waals surface area contributed by atoms with E-state index in [-0.39, 0.29) is 5.91 Å². The van der Waals surface area contributed by atoms with Gasteiger partial charge in [-0.2, -0.15) is 0 Å². The quantitative estimate of drug-likeness (QED) is 0.864. The van der Waals surface area contributed by atoms with Crippen LogP contribution in [0.3, 0.4) is 0 Å². The van der Waals surface area contributed by atoms with Gasteiger partial charge in [0.15, 0.2) is 0 Å². The summed E-state index contributed by atoms with van der Waals surface area (Å²) in [5, 5.41) is 2.85. The molecule has 0 saturated carbocycles. The molecule has 0 saturated heterocycles. The van der Waals surface area contributed by atoms with E-state index in [4.69, 9.17) is 5.73 Å². The first kappa shape index (κ1) is 13.4. The third-order valence-corrected chi connectivity index (χ3v) is 2.95. The van der Waals surface area contributed by atoms with Crippen LogP contribution in [-0.2, 0) is 4.79 Å². The largest absolute Gasteiger partial charge is 0.325 e. The maximum absolute atomic E-state index is 11.9. The first-order valence-corrected chi connectivity index (χ1v) is 6.50. The minimum absolute atomic E-state index is 0.133. The maximum atomic E-state index is 11.9. The second-order valence-electron chi connectivity index (χ2n) is 4.53. The van der Waals surface area contributed by atoms with E-state index in [2.05, 4.69) is 5.32 Å². The van der Waals surface area contributed by atoms with Crippen LogP contribution in [0.4, 0.5) is 5.69 Å². The summed E-state index contributed by atoms with van der Waals surface area (Å²) in [6.07, 6.45) is 5.52. The van der Waals surface area contributed by atoms with Crippen molar-refractivity contribution in [2.24, 2.45) is 5.73 Å². The second-order valence-corrected chi connectivity index (χ2v) is 4.53. The molecule has 3 N–H and O–H groups in total. The molecule has 1 atom stereocenters. The molecule has 0 radical (unpaired) electrons. The third kappa shape index (κ3) is 3.45. The fourth-order valence-electron chi connectivity index (χ4n) is 1.93. The van der Waals surface area contributed by atoms with Crippen molar-refractivity contribution in [1.82, 2.24) is 4.57 Å². The van der Waals surface area contributed by atoms with Crippen molar-refractivity contribution in [2.75, 3.05) is 5.32 Å². The maximum Gasteiger partial charge on any atom is 0.241 e. The van der Waals surface area contributed by atoms with E-state index in [0.717, 1.165) is 17.8 Å². The van der Waals surface area contributed by atoms with Crippen LogP contribution in [0, 0.1) is 0 Å². The number of nitrogens with zero attached hydrogens (tertiary/aromatic N) is 1. The predicted molar refractivity (Wildman–Crippen MR) is 77.3 cm³/mol. The molecular formula is C15H19N3O. The number of aromatic nitrogens is 1. The first-order valence-electron chi connectivity index (χ1n) is 6.50. The van der Waals surface area contributed by atoms with Crippen LogP contribution >= 0.6 is 0 Å². The zero-order valence-electron chi connectivity index (χ0n) is 11.0. The second kappa shape index (κ2) is 6.20. The number of amides is 1. The molecule has 4 nitrogen and oxygen atoms in total. The Bertz CT molecular complexity index is 534. The van der Waals surface area contributed by atoms with E-state index >= 15 is 0 Å². The van der Waals surface area contributed by atoms with Gasteiger partial charge in [0, 0.05) is 23.8 Å². The molecular weight excluding hydrogens is 238 g/mol. The Labute approximate surface area is 113 Å². The van der Waals surface area contributed by atoms with Gasteiger partial charge in [0.2, 0.25) is 5.91 Å². The van der Waals surface area contributed by atoms with Crippen molar-refractivity contribution in [3.63, 3.8) is 0 Å². The number of carbonyl (C=O) groups excluding carboxylic acids is 1. The minimum atomic E-state index is -0.444. The van der Waals surface area contributed by atoms with Crippen molar-refractivity contribution >= 4 is 11.6 Å². The summed E-state index contributed by atoms with van der Waals surface area (Å²) in [5.41, 5.74) is 7.56. The molecule has 2 rings (SSSR count). The Morgan fingerprint density at radius 3 is 2.74 bits per heavy atom. The summed E-state index contributed by atoms with van der Waals surface area (Å²) in [5.74, 6) is -0.133. The molecule has 2 aromatic rings. The van der Waals surface area contributed by atoms with Crippen molar-refractivity contribution in [1.29, 1.82) is 0 Å². The Kier molecular flexibility index (Phi) is 4.36. The molecule has 0 fully saturated rings. The highest BCUT2D eigenvalue weighted by molar-refractivity contribution is 5.94. The van der Waals surface area contributed by atoms with Crippen LogP contribution in [0.5, 0.6) is 0 Å². The molecule has 0 bridgehead atoms. The lowest BCUT2D eigenvalue weighted by Crippen LogP contribution is -2.35. The number of anilines is 1. The minimum Gasteiger partial charge on any atom is -0.325 e. The van der Waals surface area contributed by atoms with Gasteiger partial charge in [0.1, 0.15) is 0 Å². The highest BCUT2D eigenvalue weighted by atomic mass is 16.2.